The van der Waals surface area contributed by atoms with Crippen LogP contribution in [0.25, 0.3) is 0 Å². The predicted molar refractivity (Wildman–Crippen MR) is 142 cm³/mol. The first-order valence-electron chi connectivity index (χ1n) is 14.2. The molecule has 0 amide bonds. The van der Waals surface area contributed by atoms with E-state index in [0.717, 1.165) is 11.1 Å². The second-order valence-corrected chi connectivity index (χ2v) is 12.7. The van der Waals surface area contributed by atoms with Crippen molar-refractivity contribution in [3.63, 3.8) is 0 Å². The van der Waals surface area contributed by atoms with Crippen molar-refractivity contribution in [2.24, 2.45) is 22.7 Å². The Bertz CT molecular complexity index is 1170. The van der Waals surface area contributed by atoms with Crippen LogP contribution in [-0.2, 0) is 52.4 Å². The van der Waals surface area contributed by atoms with E-state index in [9.17, 15) is 24.0 Å². The molecule has 0 aromatic heterocycles. The van der Waals surface area contributed by atoms with Crippen molar-refractivity contribution in [3.8, 4) is 0 Å². The van der Waals surface area contributed by atoms with E-state index in [0.29, 0.717) is 12.8 Å². The number of allylic oxidation sites excluding steroid dienone is 1. The van der Waals surface area contributed by atoms with Crippen molar-refractivity contribution in [1.82, 2.24) is 0 Å². The van der Waals surface area contributed by atoms with Gasteiger partial charge in [-0.25, -0.2) is 0 Å². The smallest absolute Gasteiger partial charge is 0.303 e. The molecule has 3 aliphatic carbocycles. The third-order valence-electron chi connectivity index (χ3n) is 9.71. The molecule has 0 N–H and O–H groups in total. The van der Waals surface area contributed by atoms with Gasteiger partial charge in [0, 0.05) is 47.0 Å². The lowest BCUT2D eigenvalue weighted by atomic mass is 9.45. The molecule has 0 unspecified atom stereocenters. The lowest BCUT2D eigenvalue weighted by Crippen LogP contribution is -2.80. The van der Waals surface area contributed by atoms with Crippen molar-refractivity contribution in [2.45, 2.75) is 118 Å². The van der Waals surface area contributed by atoms with Gasteiger partial charge in [0.2, 0.25) is 0 Å². The lowest BCUT2D eigenvalue weighted by molar-refractivity contribution is -0.355. The fourth-order valence-electron chi connectivity index (χ4n) is 8.41. The molecule has 3 fully saturated rings. The summed E-state index contributed by atoms with van der Waals surface area (Å²) in [5.74, 6) is -4.09. The highest BCUT2D eigenvalue weighted by atomic mass is 16.6. The maximum atomic E-state index is 12.8. The number of hydrogen-bond donors (Lipinski definition) is 0. The lowest BCUT2D eigenvalue weighted by Gasteiger charge is -2.67. The molecule has 1 saturated heterocycles. The van der Waals surface area contributed by atoms with Crippen molar-refractivity contribution in [3.05, 3.63) is 11.1 Å². The quantitative estimate of drug-likeness (QED) is 0.270. The first-order valence-corrected chi connectivity index (χ1v) is 14.2. The van der Waals surface area contributed by atoms with Gasteiger partial charge in [0.15, 0.2) is 17.8 Å². The zero-order chi connectivity index (χ0) is 30.7. The number of carbonyl (C=O) groups excluding carboxylic acids is 5. The summed E-state index contributed by atoms with van der Waals surface area (Å²) in [6.45, 7) is 14.1. The maximum Gasteiger partial charge on any atom is 0.303 e. The van der Waals surface area contributed by atoms with Gasteiger partial charge in [-0.05, 0) is 30.8 Å². The molecule has 4 aliphatic rings. The molecule has 11 heteroatoms. The second-order valence-electron chi connectivity index (χ2n) is 12.7. The van der Waals surface area contributed by atoms with Crippen molar-refractivity contribution in [1.29, 1.82) is 0 Å². The van der Waals surface area contributed by atoms with E-state index in [2.05, 4.69) is 0 Å². The first-order chi connectivity index (χ1) is 19.0. The van der Waals surface area contributed by atoms with Gasteiger partial charge in [-0.2, -0.15) is 0 Å². The standard InChI is InChI=1S/C30H42O11/c1-14-10-11-20-24(38-16(3)32)26-29(9,21(37-15(2)31)12-22-30(26,13-36-22)41-19(6)35)27(40-18(5)34)25(39-17(4)33)23(14)28(20,7)8/h20-22,24-27H,10-13H2,1-9H3/t20-,21-,22+,24+,25+,26-,27-,29+,30-/m0/s1. The average molecular weight is 579 g/mol. The van der Waals surface area contributed by atoms with Crippen LogP contribution in [0.5, 0.6) is 0 Å². The van der Waals surface area contributed by atoms with Gasteiger partial charge in [0.1, 0.15) is 18.3 Å². The monoisotopic (exact) mass is 578 g/mol. The summed E-state index contributed by atoms with van der Waals surface area (Å²) in [4.78, 5) is 63.4. The van der Waals surface area contributed by atoms with Gasteiger partial charge in [0.05, 0.1) is 17.9 Å². The van der Waals surface area contributed by atoms with E-state index in [1.807, 2.05) is 20.8 Å². The Morgan fingerprint density at radius 3 is 1.88 bits per heavy atom. The van der Waals surface area contributed by atoms with Crippen LogP contribution in [0, 0.1) is 22.7 Å². The minimum absolute atomic E-state index is 0.00194. The van der Waals surface area contributed by atoms with Gasteiger partial charge >= 0.3 is 29.8 Å². The largest absolute Gasteiger partial charge is 0.462 e. The third-order valence-corrected chi connectivity index (χ3v) is 9.71. The van der Waals surface area contributed by atoms with Crippen LogP contribution in [0.4, 0.5) is 0 Å². The van der Waals surface area contributed by atoms with Crippen LogP contribution >= 0.6 is 0 Å². The zero-order valence-electron chi connectivity index (χ0n) is 25.4. The molecule has 1 heterocycles. The molecule has 228 valence electrons. The van der Waals surface area contributed by atoms with Crippen LogP contribution in [0.15, 0.2) is 11.1 Å². The van der Waals surface area contributed by atoms with Crippen LogP contribution < -0.4 is 0 Å². The summed E-state index contributed by atoms with van der Waals surface area (Å²) < 4.78 is 36.3. The number of rotatable bonds is 5. The summed E-state index contributed by atoms with van der Waals surface area (Å²) in [5, 5.41) is 0. The van der Waals surface area contributed by atoms with Crippen molar-refractivity contribution in [2.75, 3.05) is 6.61 Å². The molecule has 1 aliphatic heterocycles. The zero-order valence-corrected chi connectivity index (χ0v) is 25.4. The molecule has 4 rings (SSSR count). The van der Waals surface area contributed by atoms with E-state index in [1.54, 1.807) is 6.92 Å². The van der Waals surface area contributed by atoms with Gasteiger partial charge in [-0.15, -0.1) is 0 Å². The minimum atomic E-state index is -1.37. The Balaban J connectivity index is 2.13. The Kier molecular flexibility index (Phi) is 8.10. The Labute approximate surface area is 240 Å². The molecular weight excluding hydrogens is 536 g/mol. The third kappa shape index (κ3) is 5.04. The maximum absolute atomic E-state index is 12.8. The highest BCUT2D eigenvalue weighted by molar-refractivity contribution is 5.70. The molecule has 0 radical (unpaired) electrons. The van der Waals surface area contributed by atoms with E-state index in [-0.39, 0.29) is 18.9 Å². The first kappa shape index (κ1) is 31.0. The minimum Gasteiger partial charge on any atom is -0.462 e. The summed E-state index contributed by atoms with van der Waals surface area (Å²) in [7, 11) is 0. The average Bonchev–Trinajstić information content (AvgIpc) is 2.79. The highest BCUT2D eigenvalue weighted by Gasteiger charge is 2.76. The summed E-state index contributed by atoms with van der Waals surface area (Å²) in [6.07, 6.45) is -3.39. The predicted octanol–water partition coefficient (Wildman–Crippen LogP) is 3.21. The molecule has 11 nitrogen and oxygen atoms in total. The van der Waals surface area contributed by atoms with Crippen LogP contribution in [-0.4, -0.2) is 72.6 Å². The number of carbonyl (C=O) groups is 5. The number of hydrogen-bond acceptors (Lipinski definition) is 11. The Hall–Kier alpha value is -2.95. The van der Waals surface area contributed by atoms with Gasteiger partial charge in [-0.1, -0.05) is 26.3 Å². The molecule has 0 aromatic rings. The normalized spacial score (nSPS) is 38.9. The molecule has 0 aromatic carbocycles. The molecule has 0 spiro atoms. The molecule has 2 bridgehead atoms. The van der Waals surface area contributed by atoms with Crippen molar-refractivity contribution >= 4 is 29.8 Å². The van der Waals surface area contributed by atoms with Gasteiger partial charge in [0.25, 0.3) is 0 Å². The molecule has 2 saturated carbocycles. The van der Waals surface area contributed by atoms with Crippen molar-refractivity contribution < 1.29 is 52.4 Å². The highest BCUT2D eigenvalue weighted by Crippen LogP contribution is 2.65. The van der Waals surface area contributed by atoms with E-state index in [1.165, 1.54) is 34.6 Å². The molecule has 9 atom stereocenters. The topological polar surface area (TPSA) is 141 Å². The van der Waals surface area contributed by atoms with E-state index < -0.39 is 82.7 Å². The van der Waals surface area contributed by atoms with Crippen LogP contribution in [0.2, 0.25) is 0 Å². The summed E-state index contributed by atoms with van der Waals surface area (Å²) >= 11 is 0. The molecular formula is C30H42O11. The number of fused-ring (bicyclic) bond motifs is 5. The second kappa shape index (κ2) is 10.7. The fourth-order valence-corrected chi connectivity index (χ4v) is 8.41. The fraction of sp³-hybridized carbons (Fsp3) is 0.767. The SMILES string of the molecule is CC(=O)O[C@H]1[C@@H]2[C@]3(OC(C)=O)CO[C@@H]3C[C@H](OC(C)=O)[C@@]2(C)[C@@H](OC(C)=O)[C@H](OC(C)=O)C2=C(C)CC[C@@H]1C2(C)C. The Morgan fingerprint density at radius 2 is 1.39 bits per heavy atom. The number of ether oxygens (including phenoxy) is 6. The van der Waals surface area contributed by atoms with E-state index >= 15 is 0 Å². The van der Waals surface area contributed by atoms with E-state index in [4.69, 9.17) is 28.4 Å². The Morgan fingerprint density at radius 1 is 0.805 bits per heavy atom. The van der Waals surface area contributed by atoms with Gasteiger partial charge in [-0.3, -0.25) is 24.0 Å². The van der Waals surface area contributed by atoms with Crippen LogP contribution in [0.1, 0.15) is 81.6 Å². The van der Waals surface area contributed by atoms with Gasteiger partial charge < -0.3 is 28.4 Å². The van der Waals surface area contributed by atoms with Crippen LogP contribution in [0.3, 0.4) is 0 Å². The number of esters is 5. The molecule has 41 heavy (non-hydrogen) atoms. The summed E-state index contributed by atoms with van der Waals surface area (Å²) in [6, 6.07) is 0. The summed E-state index contributed by atoms with van der Waals surface area (Å²) in [5.41, 5.74) is -1.64.